The van der Waals surface area contributed by atoms with E-state index in [2.05, 4.69) is 19.9 Å². The summed E-state index contributed by atoms with van der Waals surface area (Å²) >= 11 is 1.35. The number of thioether (sulfide) groups is 1. The highest BCUT2D eigenvalue weighted by molar-refractivity contribution is 7.99. The van der Waals surface area contributed by atoms with Crippen LogP contribution < -0.4 is 5.56 Å². The first-order valence-electron chi connectivity index (χ1n) is 10.8. The van der Waals surface area contributed by atoms with Crippen molar-refractivity contribution in [2.24, 2.45) is 11.8 Å². The molecule has 3 aromatic rings. The molecule has 2 unspecified atom stereocenters. The van der Waals surface area contributed by atoms with Gasteiger partial charge in [0.1, 0.15) is 0 Å². The highest BCUT2D eigenvalue weighted by Crippen LogP contribution is 2.26. The second-order valence-electron chi connectivity index (χ2n) is 8.88. The lowest BCUT2D eigenvalue weighted by Crippen LogP contribution is -2.43. The van der Waals surface area contributed by atoms with Crippen LogP contribution in [0, 0.1) is 25.7 Å². The van der Waals surface area contributed by atoms with Gasteiger partial charge in [-0.2, -0.15) is 0 Å². The third kappa shape index (κ3) is 4.54. The van der Waals surface area contributed by atoms with E-state index in [0.717, 1.165) is 36.3 Å². The molecule has 162 valence electrons. The van der Waals surface area contributed by atoms with E-state index in [9.17, 15) is 9.59 Å². The third-order valence-corrected chi connectivity index (χ3v) is 6.81. The van der Waals surface area contributed by atoms with Crippen molar-refractivity contribution < 1.29 is 4.79 Å². The average Bonchev–Trinajstić information content (AvgIpc) is 2.72. The predicted molar refractivity (Wildman–Crippen MR) is 127 cm³/mol. The molecule has 0 spiro atoms. The SMILES string of the molecule is Cc1ccc(-n2c(SCC(=O)N3CC(C)CC(C)C3)nc3ccccc3c2=O)c(C)c1. The van der Waals surface area contributed by atoms with E-state index < -0.39 is 0 Å². The number of benzene rings is 2. The van der Waals surface area contributed by atoms with Crippen molar-refractivity contribution in [1.29, 1.82) is 0 Å². The molecule has 0 radical (unpaired) electrons. The summed E-state index contributed by atoms with van der Waals surface area (Å²) in [4.78, 5) is 33.1. The zero-order valence-corrected chi connectivity index (χ0v) is 19.4. The molecule has 0 saturated carbocycles. The number of aryl methyl sites for hydroxylation is 2. The van der Waals surface area contributed by atoms with E-state index in [4.69, 9.17) is 4.98 Å². The number of carbonyl (C=O) groups is 1. The fraction of sp³-hybridized carbons (Fsp3) is 0.400. The number of hydrogen-bond donors (Lipinski definition) is 0. The predicted octanol–water partition coefficient (Wildman–Crippen LogP) is 4.60. The highest BCUT2D eigenvalue weighted by Gasteiger charge is 2.26. The van der Waals surface area contributed by atoms with Crippen LogP contribution in [0.15, 0.2) is 52.4 Å². The van der Waals surface area contributed by atoms with E-state index in [1.54, 1.807) is 10.6 Å². The number of hydrogen-bond acceptors (Lipinski definition) is 4. The van der Waals surface area contributed by atoms with Crippen molar-refractivity contribution in [3.63, 3.8) is 0 Å². The number of aromatic nitrogens is 2. The van der Waals surface area contributed by atoms with Crippen LogP contribution in [0.5, 0.6) is 0 Å². The fourth-order valence-electron chi connectivity index (χ4n) is 4.56. The second-order valence-corrected chi connectivity index (χ2v) is 9.82. The van der Waals surface area contributed by atoms with Gasteiger partial charge in [0.05, 0.1) is 22.3 Å². The van der Waals surface area contributed by atoms with Crippen LogP contribution in [0.3, 0.4) is 0 Å². The molecule has 4 rings (SSSR count). The van der Waals surface area contributed by atoms with Gasteiger partial charge >= 0.3 is 0 Å². The van der Waals surface area contributed by atoms with Crippen molar-refractivity contribution in [2.75, 3.05) is 18.8 Å². The summed E-state index contributed by atoms with van der Waals surface area (Å²) in [5.41, 5.74) is 3.51. The normalized spacial score (nSPS) is 19.0. The van der Waals surface area contributed by atoms with Crippen LogP contribution in [-0.2, 0) is 4.79 Å². The van der Waals surface area contributed by atoms with Gasteiger partial charge in [-0.3, -0.25) is 14.2 Å². The first-order valence-corrected chi connectivity index (χ1v) is 11.8. The Kier molecular flexibility index (Phi) is 6.19. The van der Waals surface area contributed by atoms with E-state index in [1.807, 2.05) is 49.1 Å². The first kappa shape index (κ1) is 21.6. The van der Waals surface area contributed by atoms with Crippen molar-refractivity contribution in [3.8, 4) is 5.69 Å². The zero-order valence-electron chi connectivity index (χ0n) is 18.6. The minimum atomic E-state index is -0.104. The van der Waals surface area contributed by atoms with Crippen LogP contribution >= 0.6 is 11.8 Å². The van der Waals surface area contributed by atoms with Gasteiger partial charge in [-0.1, -0.05) is 55.4 Å². The Labute approximate surface area is 187 Å². The van der Waals surface area contributed by atoms with Gasteiger partial charge in [0.2, 0.25) is 5.91 Å². The molecule has 2 aromatic carbocycles. The molecule has 1 saturated heterocycles. The van der Waals surface area contributed by atoms with E-state index >= 15 is 0 Å². The van der Waals surface area contributed by atoms with Crippen molar-refractivity contribution >= 4 is 28.6 Å². The molecule has 0 bridgehead atoms. The molecule has 0 N–H and O–H groups in total. The summed E-state index contributed by atoms with van der Waals surface area (Å²) in [5, 5.41) is 1.14. The number of amides is 1. The summed E-state index contributed by atoms with van der Waals surface area (Å²) in [6.45, 7) is 10.0. The van der Waals surface area contributed by atoms with Crippen molar-refractivity contribution in [1.82, 2.24) is 14.5 Å². The summed E-state index contributed by atoms with van der Waals surface area (Å²) in [6, 6.07) is 13.4. The van der Waals surface area contributed by atoms with Gasteiger partial charge < -0.3 is 4.90 Å². The first-order chi connectivity index (χ1) is 14.8. The molecule has 1 fully saturated rings. The van der Waals surface area contributed by atoms with E-state index in [1.165, 1.54) is 11.8 Å². The molecule has 0 aliphatic carbocycles. The van der Waals surface area contributed by atoms with Crippen LogP contribution in [0.4, 0.5) is 0 Å². The Bertz CT molecular complexity index is 1180. The molecule has 5 nitrogen and oxygen atoms in total. The number of para-hydroxylation sites is 1. The van der Waals surface area contributed by atoms with Gasteiger partial charge in [0, 0.05) is 13.1 Å². The summed E-state index contributed by atoms with van der Waals surface area (Å²) in [5.74, 6) is 1.42. The number of rotatable bonds is 4. The van der Waals surface area contributed by atoms with Gasteiger partial charge in [0.25, 0.3) is 5.56 Å². The second kappa shape index (κ2) is 8.87. The maximum Gasteiger partial charge on any atom is 0.266 e. The number of fused-ring (bicyclic) bond motifs is 1. The molecule has 31 heavy (non-hydrogen) atoms. The van der Waals surface area contributed by atoms with Gasteiger partial charge in [-0.05, 0) is 55.9 Å². The Balaban J connectivity index is 1.71. The minimum Gasteiger partial charge on any atom is -0.341 e. The Hall–Kier alpha value is -2.60. The highest BCUT2D eigenvalue weighted by atomic mass is 32.2. The molecule has 1 aliphatic rings. The maximum absolute atomic E-state index is 13.4. The van der Waals surface area contributed by atoms with E-state index in [0.29, 0.717) is 27.9 Å². The Morgan fingerprint density at radius 2 is 1.81 bits per heavy atom. The number of piperidine rings is 1. The zero-order chi connectivity index (χ0) is 22.1. The Morgan fingerprint density at radius 1 is 1.10 bits per heavy atom. The lowest BCUT2D eigenvalue weighted by molar-refractivity contribution is -0.130. The van der Waals surface area contributed by atoms with Crippen LogP contribution in [0.1, 0.15) is 31.4 Å². The molecule has 2 atom stereocenters. The summed E-state index contributed by atoms with van der Waals surface area (Å²) < 4.78 is 1.66. The standard InChI is InChI=1S/C25H29N3O2S/c1-16-9-10-22(19(4)12-16)28-24(30)20-7-5-6-8-21(20)26-25(28)31-15-23(29)27-13-17(2)11-18(3)14-27/h5-10,12,17-18H,11,13-15H2,1-4H3. The fourth-order valence-corrected chi connectivity index (χ4v) is 5.47. The lowest BCUT2D eigenvalue weighted by atomic mass is 9.92. The molecule has 1 aromatic heterocycles. The number of carbonyl (C=O) groups excluding carboxylic acids is 1. The Morgan fingerprint density at radius 3 is 2.52 bits per heavy atom. The minimum absolute atomic E-state index is 0.104. The molecular formula is C25H29N3O2S. The number of likely N-dealkylation sites (tertiary alicyclic amines) is 1. The van der Waals surface area contributed by atoms with Crippen LogP contribution in [0.2, 0.25) is 0 Å². The lowest BCUT2D eigenvalue weighted by Gasteiger charge is -2.35. The average molecular weight is 436 g/mol. The molecular weight excluding hydrogens is 406 g/mol. The quantitative estimate of drug-likeness (QED) is 0.444. The topological polar surface area (TPSA) is 55.2 Å². The molecule has 1 aliphatic heterocycles. The largest absolute Gasteiger partial charge is 0.341 e. The third-order valence-electron chi connectivity index (χ3n) is 5.88. The maximum atomic E-state index is 13.4. The van der Waals surface area contributed by atoms with Gasteiger partial charge in [-0.25, -0.2) is 4.98 Å². The van der Waals surface area contributed by atoms with Crippen molar-refractivity contribution in [2.45, 2.75) is 39.3 Å². The van der Waals surface area contributed by atoms with Gasteiger partial charge in [0.15, 0.2) is 5.16 Å². The van der Waals surface area contributed by atoms with Crippen molar-refractivity contribution in [3.05, 3.63) is 63.9 Å². The summed E-state index contributed by atoms with van der Waals surface area (Å²) in [6.07, 6.45) is 1.16. The van der Waals surface area contributed by atoms with E-state index in [-0.39, 0.29) is 17.2 Å². The smallest absolute Gasteiger partial charge is 0.266 e. The van der Waals surface area contributed by atoms with Crippen LogP contribution in [0.25, 0.3) is 16.6 Å². The molecule has 1 amide bonds. The monoisotopic (exact) mass is 435 g/mol. The van der Waals surface area contributed by atoms with Crippen LogP contribution in [-0.4, -0.2) is 39.2 Å². The molecule has 2 heterocycles. The van der Waals surface area contributed by atoms with Gasteiger partial charge in [-0.15, -0.1) is 0 Å². The number of nitrogens with zero attached hydrogens (tertiary/aromatic N) is 3. The summed E-state index contributed by atoms with van der Waals surface area (Å²) in [7, 11) is 0. The molecule has 6 heteroatoms.